The smallest absolute Gasteiger partial charge is 0.317 e. The predicted octanol–water partition coefficient (Wildman–Crippen LogP) is 5.77. The number of likely N-dealkylation sites (tertiary alicyclic amines) is 1. The van der Waals surface area contributed by atoms with Gasteiger partial charge in [0.1, 0.15) is 6.04 Å². The Morgan fingerprint density at radius 2 is 1.63 bits per heavy atom. The van der Waals surface area contributed by atoms with E-state index in [-0.39, 0.29) is 36.1 Å². The number of urea groups is 1. The highest BCUT2D eigenvalue weighted by Crippen LogP contribution is 2.28. The highest BCUT2D eigenvalue weighted by Gasteiger charge is 2.32. The van der Waals surface area contributed by atoms with Gasteiger partial charge in [-0.25, -0.2) is 14.8 Å². The maximum absolute atomic E-state index is 12.6. The van der Waals surface area contributed by atoms with E-state index < -0.39 is 0 Å². The molecule has 14 heteroatoms. The molecule has 60 heavy (non-hydrogen) atoms. The van der Waals surface area contributed by atoms with E-state index in [1.807, 2.05) is 38.1 Å². The van der Waals surface area contributed by atoms with Crippen LogP contribution in [0, 0.1) is 12.8 Å². The van der Waals surface area contributed by atoms with Crippen molar-refractivity contribution in [2.45, 2.75) is 71.2 Å². The maximum atomic E-state index is 12.6. The number of nitrogens with zero attached hydrogens (tertiary/aromatic N) is 6. The highest BCUT2D eigenvalue weighted by molar-refractivity contribution is 6.01. The van der Waals surface area contributed by atoms with Crippen LogP contribution in [-0.4, -0.2) is 115 Å². The maximum Gasteiger partial charge on any atom is 0.317 e. The van der Waals surface area contributed by atoms with E-state index in [9.17, 15) is 14.4 Å². The summed E-state index contributed by atoms with van der Waals surface area (Å²) in [5, 5.41) is 12.2. The van der Waals surface area contributed by atoms with Crippen LogP contribution in [0.1, 0.15) is 50.7 Å². The van der Waals surface area contributed by atoms with Crippen LogP contribution in [0.2, 0.25) is 0 Å². The molecule has 4 aliphatic heterocycles. The molecule has 316 valence electrons. The third-order valence-electron chi connectivity index (χ3n) is 12.1. The summed E-state index contributed by atoms with van der Waals surface area (Å²) in [6.07, 6.45) is 5.31. The fourth-order valence-corrected chi connectivity index (χ4v) is 8.63. The SMILES string of the molecule is Cc1cc(-c2ccnc(Nc3ccc(N4CCC(CN5CCN(c6cccc(NC7CCC(=O)NC7=O)c6)CC5)CC4)cc3)n2)ccc1CNC(=O)N1CC(OC(C)C)C1. The summed E-state index contributed by atoms with van der Waals surface area (Å²) in [5.41, 5.74) is 8.22. The Morgan fingerprint density at radius 1 is 0.867 bits per heavy atom. The number of aryl methyl sites for hydroxylation is 1. The van der Waals surface area contributed by atoms with Gasteiger partial charge >= 0.3 is 6.03 Å². The molecule has 0 bridgehead atoms. The molecular weight excluding hydrogens is 757 g/mol. The van der Waals surface area contributed by atoms with Crippen molar-refractivity contribution >= 4 is 46.5 Å². The minimum Gasteiger partial charge on any atom is -0.374 e. The van der Waals surface area contributed by atoms with Crippen LogP contribution in [-0.2, 0) is 20.9 Å². The summed E-state index contributed by atoms with van der Waals surface area (Å²) in [7, 11) is 0. The molecule has 4 aliphatic rings. The van der Waals surface area contributed by atoms with Gasteiger partial charge in [-0.15, -0.1) is 0 Å². The fourth-order valence-electron chi connectivity index (χ4n) is 8.63. The molecule has 0 spiro atoms. The lowest BCUT2D eigenvalue weighted by Gasteiger charge is -2.40. The molecule has 5 heterocycles. The minimum absolute atomic E-state index is 0.0612. The fraction of sp³-hybridized carbons (Fsp3) is 0.457. The first-order chi connectivity index (χ1) is 29.1. The van der Waals surface area contributed by atoms with E-state index in [0.29, 0.717) is 44.3 Å². The molecule has 4 amide bonds. The van der Waals surface area contributed by atoms with E-state index in [2.05, 4.69) is 96.4 Å². The van der Waals surface area contributed by atoms with Gasteiger partial charge in [0.15, 0.2) is 0 Å². The summed E-state index contributed by atoms with van der Waals surface area (Å²) in [4.78, 5) is 55.0. The standard InChI is InChI=1S/C46H58N10O4/c1-31(2)60-40-29-56(30-40)46(59)48-27-35-8-7-34(25-32(35)3)41-15-18-47-45(51-41)50-36-9-11-38(12-10-36)54-19-16-33(17-20-54)28-53-21-23-55(24-22-53)39-6-4-5-37(26-39)49-42-13-14-43(57)52-44(42)58/h4-12,15,18,25-26,31,33,40,42,49H,13-14,16-17,19-24,27-30H2,1-3H3,(H,48,59)(H,47,50,51)(H,52,57,58). The largest absolute Gasteiger partial charge is 0.374 e. The Morgan fingerprint density at radius 3 is 2.37 bits per heavy atom. The number of nitrogens with one attached hydrogen (secondary N) is 4. The van der Waals surface area contributed by atoms with Crippen molar-refractivity contribution < 1.29 is 19.1 Å². The van der Waals surface area contributed by atoms with E-state index >= 15 is 0 Å². The lowest BCUT2D eigenvalue weighted by Crippen LogP contribution is -2.58. The van der Waals surface area contributed by atoms with Crippen molar-refractivity contribution in [3.05, 3.63) is 90.1 Å². The van der Waals surface area contributed by atoms with Crippen LogP contribution in [0.4, 0.5) is 33.5 Å². The molecule has 3 aromatic carbocycles. The highest BCUT2D eigenvalue weighted by atomic mass is 16.5. The van der Waals surface area contributed by atoms with E-state index in [1.54, 1.807) is 11.1 Å². The zero-order chi connectivity index (χ0) is 41.6. The van der Waals surface area contributed by atoms with E-state index in [1.165, 1.54) is 18.5 Å². The Labute approximate surface area is 353 Å². The van der Waals surface area contributed by atoms with Crippen LogP contribution in [0.3, 0.4) is 0 Å². The van der Waals surface area contributed by atoms with Crippen molar-refractivity contribution in [3.63, 3.8) is 0 Å². The van der Waals surface area contributed by atoms with Crippen LogP contribution in [0.5, 0.6) is 0 Å². The van der Waals surface area contributed by atoms with Gasteiger partial charge in [0.25, 0.3) is 0 Å². The molecule has 1 unspecified atom stereocenters. The van der Waals surface area contributed by atoms with Gasteiger partial charge < -0.3 is 35.4 Å². The lowest BCUT2D eigenvalue weighted by atomic mass is 9.95. The molecule has 4 N–H and O–H groups in total. The Bertz CT molecular complexity index is 2130. The molecule has 8 rings (SSSR count). The zero-order valence-electron chi connectivity index (χ0n) is 35.0. The number of carbonyl (C=O) groups excluding carboxylic acids is 3. The Kier molecular flexibility index (Phi) is 12.8. The molecule has 0 aliphatic carbocycles. The third-order valence-corrected chi connectivity index (χ3v) is 12.1. The van der Waals surface area contributed by atoms with Crippen molar-refractivity contribution in [2.75, 3.05) is 79.3 Å². The monoisotopic (exact) mass is 814 g/mol. The average molecular weight is 815 g/mol. The quantitative estimate of drug-likeness (QED) is 0.122. The van der Waals surface area contributed by atoms with Crippen LogP contribution in [0.25, 0.3) is 11.3 Å². The number of amides is 4. The molecule has 4 saturated heterocycles. The summed E-state index contributed by atoms with van der Waals surface area (Å²) in [5.74, 6) is 0.782. The zero-order valence-corrected chi connectivity index (χ0v) is 35.0. The normalized spacial score (nSPS) is 19.3. The summed E-state index contributed by atoms with van der Waals surface area (Å²) >= 11 is 0. The van der Waals surface area contributed by atoms with Crippen LogP contribution < -0.4 is 31.1 Å². The number of imide groups is 1. The number of rotatable bonds is 13. The molecule has 0 radical (unpaired) electrons. The summed E-state index contributed by atoms with van der Waals surface area (Å²) in [6.45, 7) is 15.1. The predicted molar refractivity (Wildman–Crippen MR) is 236 cm³/mol. The molecule has 1 atom stereocenters. The first kappa shape index (κ1) is 41.0. The van der Waals surface area contributed by atoms with Gasteiger partial charge in [0.2, 0.25) is 17.8 Å². The Balaban J connectivity index is 0.760. The van der Waals surface area contributed by atoms with Gasteiger partial charge in [-0.3, -0.25) is 19.8 Å². The minimum atomic E-state index is -0.381. The molecular formula is C46H58N10O4. The second kappa shape index (κ2) is 18.7. The molecule has 0 saturated carbocycles. The molecule has 4 fully saturated rings. The number of hydrogen-bond acceptors (Lipinski definition) is 11. The van der Waals surface area contributed by atoms with Gasteiger partial charge in [-0.2, -0.15) is 0 Å². The van der Waals surface area contributed by atoms with Gasteiger partial charge in [-0.1, -0.05) is 18.2 Å². The van der Waals surface area contributed by atoms with Gasteiger partial charge in [0.05, 0.1) is 31.0 Å². The Hall–Kier alpha value is -5.73. The first-order valence-corrected chi connectivity index (χ1v) is 21.5. The molecule has 1 aromatic heterocycles. The lowest BCUT2D eigenvalue weighted by molar-refractivity contribution is -0.133. The van der Waals surface area contributed by atoms with Gasteiger partial charge in [0, 0.05) is 93.3 Å². The third kappa shape index (κ3) is 10.3. The number of carbonyl (C=O) groups is 3. The van der Waals surface area contributed by atoms with E-state index in [4.69, 9.17) is 9.72 Å². The second-order valence-corrected chi connectivity index (χ2v) is 16.9. The number of piperazine rings is 1. The van der Waals surface area contributed by atoms with Crippen molar-refractivity contribution in [1.82, 2.24) is 30.4 Å². The molecule has 14 nitrogen and oxygen atoms in total. The number of hydrogen-bond donors (Lipinski definition) is 4. The average Bonchev–Trinajstić information content (AvgIpc) is 3.23. The number of anilines is 5. The van der Waals surface area contributed by atoms with Crippen LogP contribution >= 0.6 is 0 Å². The number of ether oxygens (including phenoxy) is 1. The van der Waals surface area contributed by atoms with Gasteiger partial charge in [-0.05, 0) is 112 Å². The first-order valence-electron chi connectivity index (χ1n) is 21.5. The molecule has 4 aromatic rings. The number of piperidine rings is 2. The number of benzene rings is 3. The van der Waals surface area contributed by atoms with Crippen LogP contribution in [0.15, 0.2) is 79.0 Å². The topological polar surface area (TPSA) is 147 Å². The second-order valence-electron chi connectivity index (χ2n) is 16.9. The van der Waals surface area contributed by atoms with Crippen molar-refractivity contribution in [2.24, 2.45) is 5.92 Å². The summed E-state index contributed by atoms with van der Waals surface area (Å²) < 4.78 is 5.77. The summed E-state index contributed by atoms with van der Waals surface area (Å²) in [6, 6.07) is 24.5. The van der Waals surface area contributed by atoms with Crippen molar-refractivity contribution in [1.29, 1.82) is 0 Å². The number of aromatic nitrogens is 2. The van der Waals surface area contributed by atoms with Crippen molar-refractivity contribution in [3.8, 4) is 11.3 Å². The van der Waals surface area contributed by atoms with E-state index in [0.717, 1.165) is 85.3 Å².